The van der Waals surface area contributed by atoms with Crippen LogP contribution in [0.15, 0.2) is 24.3 Å². The third kappa shape index (κ3) is 10.1. The predicted octanol–water partition coefficient (Wildman–Crippen LogP) is 4.18. The van der Waals surface area contributed by atoms with Crippen molar-refractivity contribution >= 4 is 59.1 Å². The summed E-state index contributed by atoms with van der Waals surface area (Å²) in [4.78, 5) is 84.3. The summed E-state index contributed by atoms with van der Waals surface area (Å²) in [5.74, 6) is -2.53. The molecule has 4 fully saturated rings. The molecule has 4 aliphatic heterocycles. The fourth-order valence-corrected chi connectivity index (χ4v) is 10.9. The number of fused-ring (bicyclic) bond motifs is 2. The molecule has 8 unspecified atom stereocenters. The summed E-state index contributed by atoms with van der Waals surface area (Å²) in [6.45, 7) is 1.97. The smallest absolute Gasteiger partial charge is 0.328 e. The highest BCUT2D eigenvalue weighted by Gasteiger charge is 2.45. The van der Waals surface area contributed by atoms with Gasteiger partial charge in [0, 0.05) is 11.8 Å². The van der Waals surface area contributed by atoms with E-state index in [0.717, 1.165) is 25.7 Å². The van der Waals surface area contributed by atoms with Crippen molar-refractivity contribution in [2.24, 2.45) is 11.8 Å². The van der Waals surface area contributed by atoms with Gasteiger partial charge in [0.2, 0.25) is 23.6 Å². The number of ether oxygens (including phenoxy) is 2. The van der Waals surface area contributed by atoms with E-state index < -0.39 is 53.8 Å². The SMILES string of the molecule is CCCC(CCC(Cc1cccc(F)c1)C(=O)NC1CCSC2CCCC(C(=O)OC)N2C1=O)C(=O)NC1CCSC2CCCC(C(=O)OC)N2C1=O. The van der Waals surface area contributed by atoms with Crippen LogP contribution in [0, 0.1) is 17.7 Å². The summed E-state index contributed by atoms with van der Waals surface area (Å²) >= 11 is 3.22. The van der Waals surface area contributed by atoms with Crippen molar-refractivity contribution in [3.8, 4) is 0 Å². The molecule has 0 bridgehead atoms. The Morgan fingerprint density at radius 1 is 0.774 bits per heavy atom. The van der Waals surface area contributed by atoms with E-state index in [1.807, 2.05) is 6.92 Å². The van der Waals surface area contributed by atoms with Crippen LogP contribution in [0.1, 0.15) is 89.5 Å². The lowest BCUT2D eigenvalue weighted by atomic mass is 9.87. The first-order valence-electron chi connectivity index (χ1n) is 18.9. The van der Waals surface area contributed by atoms with E-state index in [1.54, 1.807) is 45.5 Å². The molecule has 1 aromatic carbocycles. The lowest BCUT2D eigenvalue weighted by Crippen LogP contribution is -2.58. The van der Waals surface area contributed by atoms with Crippen LogP contribution in [0.4, 0.5) is 4.39 Å². The standard InChI is InChI=1S/C38H53FN4O8S2/c1-4-8-24(33(44)40-27-17-19-52-31-13-6-11-29(37(48)50-2)42(31)35(27)46)15-16-25(21-23-9-5-10-26(39)22-23)34(45)41-28-18-20-53-32-14-7-12-30(38(49)51-3)43(32)36(28)47/h5,9-10,22,24-25,27-32H,4,6-8,11-21H2,1-3H3,(H,40,44)(H,41,45). The number of amides is 4. The summed E-state index contributed by atoms with van der Waals surface area (Å²) in [6, 6.07) is 3.02. The van der Waals surface area contributed by atoms with E-state index >= 15 is 0 Å². The fraction of sp³-hybridized carbons (Fsp3) is 0.684. The van der Waals surface area contributed by atoms with Crippen molar-refractivity contribution in [2.45, 2.75) is 125 Å². The van der Waals surface area contributed by atoms with Crippen LogP contribution in [0.2, 0.25) is 0 Å². The number of esters is 2. The molecule has 4 saturated heterocycles. The second-order valence-corrected chi connectivity index (χ2v) is 16.9. The molecular weight excluding hydrogens is 724 g/mol. The molecule has 0 aliphatic carbocycles. The van der Waals surface area contributed by atoms with Crippen molar-refractivity contribution in [1.82, 2.24) is 20.4 Å². The Labute approximate surface area is 319 Å². The molecule has 8 atom stereocenters. The van der Waals surface area contributed by atoms with E-state index in [-0.39, 0.29) is 47.2 Å². The van der Waals surface area contributed by atoms with Crippen molar-refractivity contribution in [2.75, 3.05) is 25.7 Å². The molecule has 2 N–H and O–H groups in total. The van der Waals surface area contributed by atoms with Gasteiger partial charge in [0.25, 0.3) is 0 Å². The number of nitrogens with one attached hydrogen (secondary N) is 2. The zero-order chi connectivity index (χ0) is 38.1. The summed E-state index contributed by atoms with van der Waals surface area (Å²) in [5, 5.41) is 5.66. The molecule has 4 aliphatic rings. The number of halogens is 1. The van der Waals surface area contributed by atoms with Gasteiger partial charge in [-0.15, -0.1) is 23.5 Å². The van der Waals surface area contributed by atoms with Crippen molar-refractivity contribution in [3.05, 3.63) is 35.6 Å². The molecule has 4 amide bonds. The molecular formula is C38H53FN4O8S2. The molecule has 12 nitrogen and oxygen atoms in total. The number of thioether (sulfide) groups is 2. The summed E-state index contributed by atoms with van der Waals surface area (Å²) < 4.78 is 24.3. The summed E-state index contributed by atoms with van der Waals surface area (Å²) in [7, 11) is 2.62. The Hall–Kier alpha value is -3.33. The van der Waals surface area contributed by atoms with Crippen molar-refractivity contribution in [1.29, 1.82) is 0 Å². The molecule has 292 valence electrons. The van der Waals surface area contributed by atoms with Gasteiger partial charge in [-0.05, 0) is 106 Å². The normalized spacial score (nSPS) is 27.2. The highest BCUT2D eigenvalue weighted by Crippen LogP contribution is 2.36. The summed E-state index contributed by atoms with van der Waals surface area (Å²) in [5.41, 5.74) is 0.615. The van der Waals surface area contributed by atoms with Gasteiger partial charge < -0.3 is 29.9 Å². The van der Waals surface area contributed by atoms with Gasteiger partial charge in [0.1, 0.15) is 30.0 Å². The molecule has 1 aromatic rings. The van der Waals surface area contributed by atoms with Gasteiger partial charge in [0.15, 0.2) is 0 Å². The lowest BCUT2D eigenvalue weighted by molar-refractivity contribution is -0.156. The lowest BCUT2D eigenvalue weighted by Gasteiger charge is -2.40. The Bertz CT molecular complexity index is 1500. The van der Waals surface area contributed by atoms with Gasteiger partial charge in [0.05, 0.1) is 25.0 Å². The molecule has 0 aromatic heterocycles. The quantitative estimate of drug-likeness (QED) is 0.279. The van der Waals surface area contributed by atoms with Gasteiger partial charge in [-0.2, -0.15) is 0 Å². The first-order chi connectivity index (χ1) is 25.6. The predicted molar refractivity (Wildman–Crippen MR) is 200 cm³/mol. The Kier molecular flexibility index (Phi) is 14.9. The van der Waals surface area contributed by atoms with E-state index in [1.165, 1.54) is 26.4 Å². The first-order valence-corrected chi connectivity index (χ1v) is 21.0. The second-order valence-electron chi connectivity index (χ2n) is 14.4. The van der Waals surface area contributed by atoms with Crippen LogP contribution in [0.5, 0.6) is 0 Å². The van der Waals surface area contributed by atoms with Gasteiger partial charge in [-0.3, -0.25) is 19.2 Å². The van der Waals surface area contributed by atoms with Crippen molar-refractivity contribution in [3.63, 3.8) is 0 Å². The second kappa shape index (κ2) is 19.3. The molecule has 0 radical (unpaired) electrons. The number of rotatable bonds is 13. The largest absolute Gasteiger partial charge is 0.467 e. The van der Waals surface area contributed by atoms with Crippen LogP contribution >= 0.6 is 23.5 Å². The van der Waals surface area contributed by atoms with Crippen molar-refractivity contribution < 1.29 is 42.6 Å². The number of methoxy groups -OCH3 is 2. The molecule has 4 heterocycles. The van der Waals surface area contributed by atoms with Crippen LogP contribution < -0.4 is 10.6 Å². The van der Waals surface area contributed by atoms with E-state index in [2.05, 4.69) is 10.6 Å². The minimum Gasteiger partial charge on any atom is -0.467 e. The van der Waals surface area contributed by atoms with Gasteiger partial charge >= 0.3 is 11.9 Å². The Balaban J connectivity index is 1.30. The maximum absolute atomic E-state index is 14.3. The average molecular weight is 777 g/mol. The van der Waals surface area contributed by atoms with E-state index in [4.69, 9.17) is 9.47 Å². The zero-order valence-electron chi connectivity index (χ0n) is 30.9. The minimum absolute atomic E-state index is 0.151. The molecule has 0 saturated carbocycles. The Morgan fingerprint density at radius 3 is 1.77 bits per heavy atom. The van der Waals surface area contributed by atoms with Crippen LogP contribution in [-0.2, 0) is 44.7 Å². The number of hydrogen-bond acceptors (Lipinski definition) is 10. The number of hydrogen-bond donors (Lipinski definition) is 2. The number of nitrogens with zero attached hydrogens (tertiary/aromatic N) is 2. The molecule has 5 rings (SSSR count). The van der Waals surface area contributed by atoms with Crippen LogP contribution in [0.3, 0.4) is 0 Å². The van der Waals surface area contributed by atoms with Crippen LogP contribution in [0.25, 0.3) is 0 Å². The fourth-order valence-electron chi connectivity index (χ4n) is 8.11. The maximum Gasteiger partial charge on any atom is 0.328 e. The number of piperidine rings is 2. The molecule has 53 heavy (non-hydrogen) atoms. The number of carbonyl (C=O) groups excluding carboxylic acids is 6. The minimum atomic E-state index is -0.846. The maximum atomic E-state index is 14.3. The Morgan fingerprint density at radius 2 is 1.28 bits per heavy atom. The van der Waals surface area contributed by atoms with E-state index in [0.29, 0.717) is 62.0 Å². The number of carbonyl (C=O) groups is 6. The first kappa shape index (κ1) is 40.8. The average Bonchev–Trinajstić information content (AvgIpc) is 3.42. The topological polar surface area (TPSA) is 151 Å². The molecule has 0 spiro atoms. The van der Waals surface area contributed by atoms with Gasteiger partial charge in [-0.25, -0.2) is 14.0 Å². The summed E-state index contributed by atoms with van der Waals surface area (Å²) in [6.07, 6.45) is 6.98. The molecule has 15 heteroatoms. The van der Waals surface area contributed by atoms with Gasteiger partial charge in [-0.1, -0.05) is 25.5 Å². The van der Waals surface area contributed by atoms with E-state index in [9.17, 15) is 33.2 Å². The van der Waals surface area contributed by atoms with Crippen LogP contribution in [-0.4, -0.2) is 106 Å². The highest BCUT2D eigenvalue weighted by molar-refractivity contribution is 8.00. The third-order valence-corrected chi connectivity index (χ3v) is 13.5. The monoisotopic (exact) mass is 776 g/mol. The third-order valence-electron chi connectivity index (χ3n) is 10.9. The zero-order valence-corrected chi connectivity index (χ0v) is 32.5. The number of benzene rings is 1. The highest BCUT2D eigenvalue weighted by atomic mass is 32.2.